The highest BCUT2D eigenvalue weighted by atomic mass is 35.5. The molecule has 0 saturated heterocycles. The predicted molar refractivity (Wildman–Crippen MR) is 57.6 cm³/mol. The van der Waals surface area contributed by atoms with Gasteiger partial charge in [-0.25, -0.2) is 0 Å². The molecular weight excluding hydrogens is 206 g/mol. The van der Waals surface area contributed by atoms with Gasteiger partial charge in [0.2, 0.25) is 0 Å². The number of likely N-dealkylation sites (N-methyl/N-ethyl adjacent to an activating group) is 1. The van der Waals surface area contributed by atoms with E-state index in [1.165, 1.54) is 11.3 Å². The molecule has 0 fully saturated rings. The fraction of sp³-hybridized carbons (Fsp3) is 0.556. The zero-order valence-corrected chi connectivity index (χ0v) is 9.37. The molecule has 0 saturated carbocycles. The summed E-state index contributed by atoms with van der Waals surface area (Å²) in [6, 6.07) is 3.81. The van der Waals surface area contributed by atoms with E-state index in [1.54, 1.807) is 0 Å². The summed E-state index contributed by atoms with van der Waals surface area (Å²) in [5.74, 6) is 0. The largest absolute Gasteiger partial charge is 0.388 e. The second-order valence-electron chi connectivity index (χ2n) is 3.41. The van der Waals surface area contributed by atoms with Gasteiger partial charge >= 0.3 is 0 Å². The Morgan fingerprint density at radius 2 is 2.31 bits per heavy atom. The van der Waals surface area contributed by atoms with Crippen LogP contribution in [0.15, 0.2) is 12.1 Å². The van der Waals surface area contributed by atoms with Crippen LogP contribution in [0.5, 0.6) is 0 Å². The third kappa shape index (κ3) is 3.65. The smallest absolute Gasteiger partial charge is 0.0931 e. The van der Waals surface area contributed by atoms with Gasteiger partial charge in [0, 0.05) is 17.8 Å². The van der Waals surface area contributed by atoms with Crippen molar-refractivity contribution in [1.82, 2.24) is 5.32 Å². The quantitative estimate of drug-likeness (QED) is 0.811. The van der Waals surface area contributed by atoms with E-state index in [2.05, 4.69) is 5.32 Å². The minimum atomic E-state index is -0.692. The van der Waals surface area contributed by atoms with Gasteiger partial charge < -0.3 is 10.4 Å². The third-order valence-electron chi connectivity index (χ3n) is 1.74. The van der Waals surface area contributed by atoms with Crippen molar-refractivity contribution in [2.24, 2.45) is 0 Å². The van der Waals surface area contributed by atoms with Crippen LogP contribution in [0.3, 0.4) is 0 Å². The van der Waals surface area contributed by atoms with Crippen LogP contribution in [0.2, 0.25) is 4.34 Å². The van der Waals surface area contributed by atoms with Gasteiger partial charge in [-0.2, -0.15) is 0 Å². The van der Waals surface area contributed by atoms with E-state index in [0.29, 0.717) is 13.0 Å². The maximum absolute atomic E-state index is 9.88. The number of hydrogen-bond donors (Lipinski definition) is 2. The lowest BCUT2D eigenvalue weighted by Crippen LogP contribution is -2.37. The molecule has 2 nitrogen and oxygen atoms in total. The van der Waals surface area contributed by atoms with Crippen LogP contribution in [-0.2, 0) is 6.42 Å². The molecule has 0 aliphatic carbocycles. The van der Waals surface area contributed by atoms with Crippen LogP contribution in [0.1, 0.15) is 11.8 Å². The summed E-state index contributed by atoms with van der Waals surface area (Å²) >= 11 is 7.31. The molecular formula is C9H14ClNOS. The summed E-state index contributed by atoms with van der Waals surface area (Å²) in [5, 5.41) is 12.8. The Morgan fingerprint density at radius 3 is 2.77 bits per heavy atom. The van der Waals surface area contributed by atoms with Crippen molar-refractivity contribution in [3.05, 3.63) is 21.3 Å². The van der Waals surface area contributed by atoms with Gasteiger partial charge in [-0.05, 0) is 26.1 Å². The maximum atomic E-state index is 9.88. The van der Waals surface area contributed by atoms with Crippen molar-refractivity contribution in [2.75, 3.05) is 13.6 Å². The molecule has 0 radical (unpaired) electrons. The fourth-order valence-electron chi connectivity index (χ4n) is 1.27. The van der Waals surface area contributed by atoms with Crippen molar-refractivity contribution < 1.29 is 5.11 Å². The highest BCUT2D eigenvalue weighted by Gasteiger charge is 2.20. The lowest BCUT2D eigenvalue weighted by atomic mass is 10.0. The van der Waals surface area contributed by atoms with E-state index in [4.69, 9.17) is 11.6 Å². The van der Waals surface area contributed by atoms with Gasteiger partial charge in [0.25, 0.3) is 0 Å². The van der Waals surface area contributed by atoms with Gasteiger partial charge in [0.1, 0.15) is 0 Å². The van der Waals surface area contributed by atoms with Crippen LogP contribution < -0.4 is 5.32 Å². The van der Waals surface area contributed by atoms with Crippen molar-refractivity contribution in [2.45, 2.75) is 18.9 Å². The lowest BCUT2D eigenvalue weighted by molar-refractivity contribution is 0.0631. The molecule has 0 spiro atoms. The number of nitrogens with one attached hydrogen (secondary N) is 1. The summed E-state index contributed by atoms with van der Waals surface area (Å²) in [6.07, 6.45) is 0.644. The Kier molecular flexibility index (Phi) is 3.74. The second-order valence-corrected chi connectivity index (χ2v) is 5.21. The lowest BCUT2D eigenvalue weighted by Gasteiger charge is -2.21. The molecule has 0 aliphatic rings. The molecule has 1 rings (SSSR count). The molecule has 1 heterocycles. The van der Waals surface area contributed by atoms with Gasteiger partial charge in [-0.3, -0.25) is 0 Å². The number of hydrogen-bond acceptors (Lipinski definition) is 3. The van der Waals surface area contributed by atoms with E-state index in [0.717, 1.165) is 9.21 Å². The van der Waals surface area contributed by atoms with Crippen molar-refractivity contribution in [3.8, 4) is 0 Å². The molecule has 0 amide bonds. The molecule has 74 valence electrons. The first-order valence-corrected chi connectivity index (χ1v) is 5.34. The highest BCUT2D eigenvalue weighted by molar-refractivity contribution is 7.16. The monoisotopic (exact) mass is 219 g/mol. The van der Waals surface area contributed by atoms with E-state index < -0.39 is 5.60 Å². The normalized spacial score (nSPS) is 15.7. The van der Waals surface area contributed by atoms with Crippen LogP contribution in [0.4, 0.5) is 0 Å². The Balaban J connectivity index is 2.57. The van der Waals surface area contributed by atoms with Crippen molar-refractivity contribution in [3.63, 3.8) is 0 Å². The second kappa shape index (κ2) is 4.42. The van der Waals surface area contributed by atoms with Crippen molar-refractivity contribution >= 4 is 22.9 Å². The predicted octanol–water partition coefficient (Wildman–Crippen LogP) is 1.91. The Hall–Kier alpha value is -0.0900. The summed E-state index contributed by atoms with van der Waals surface area (Å²) in [4.78, 5) is 1.12. The van der Waals surface area contributed by atoms with Gasteiger partial charge in [0.15, 0.2) is 0 Å². The topological polar surface area (TPSA) is 32.3 Å². The molecule has 2 N–H and O–H groups in total. The SMILES string of the molecule is CNCC(C)(O)Cc1ccc(Cl)s1. The molecule has 13 heavy (non-hydrogen) atoms. The number of halogens is 1. The summed E-state index contributed by atoms with van der Waals surface area (Å²) in [7, 11) is 1.83. The minimum absolute atomic E-state index is 0.586. The maximum Gasteiger partial charge on any atom is 0.0931 e. The molecule has 1 atom stereocenters. The first-order chi connectivity index (χ1) is 6.03. The van der Waals surface area contributed by atoms with E-state index in [9.17, 15) is 5.11 Å². The Morgan fingerprint density at radius 1 is 1.62 bits per heavy atom. The van der Waals surface area contributed by atoms with Gasteiger partial charge in [-0.1, -0.05) is 11.6 Å². The molecule has 1 aromatic heterocycles. The fourth-order valence-corrected chi connectivity index (χ4v) is 2.53. The van der Waals surface area contributed by atoms with E-state index in [1.807, 2.05) is 26.1 Å². The standard InChI is InChI=1S/C9H14ClNOS/c1-9(12,6-11-2)5-7-3-4-8(10)13-7/h3-4,11-12H,5-6H2,1-2H3. The first kappa shape index (κ1) is 11.0. The van der Waals surface area contributed by atoms with E-state index in [-0.39, 0.29) is 0 Å². The van der Waals surface area contributed by atoms with Crippen LogP contribution >= 0.6 is 22.9 Å². The Labute approximate surface area is 87.5 Å². The first-order valence-electron chi connectivity index (χ1n) is 4.15. The summed E-state index contributed by atoms with van der Waals surface area (Å²) in [6.45, 7) is 2.40. The number of thiophene rings is 1. The van der Waals surface area contributed by atoms with Crippen molar-refractivity contribution in [1.29, 1.82) is 0 Å². The van der Waals surface area contributed by atoms with Crippen LogP contribution in [0, 0.1) is 0 Å². The molecule has 1 unspecified atom stereocenters. The average Bonchev–Trinajstić information content (AvgIpc) is 2.34. The zero-order valence-electron chi connectivity index (χ0n) is 7.80. The minimum Gasteiger partial charge on any atom is -0.388 e. The molecule has 4 heteroatoms. The third-order valence-corrected chi connectivity index (χ3v) is 2.97. The number of rotatable bonds is 4. The van der Waals surface area contributed by atoms with Gasteiger partial charge in [-0.15, -0.1) is 11.3 Å². The molecule has 0 aromatic carbocycles. The average molecular weight is 220 g/mol. The summed E-state index contributed by atoms with van der Waals surface area (Å²) in [5.41, 5.74) is -0.692. The Bertz CT molecular complexity index is 272. The van der Waals surface area contributed by atoms with E-state index >= 15 is 0 Å². The van der Waals surface area contributed by atoms with Crippen LogP contribution in [-0.4, -0.2) is 24.3 Å². The van der Waals surface area contributed by atoms with Crippen LogP contribution in [0.25, 0.3) is 0 Å². The van der Waals surface area contributed by atoms with Gasteiger partial charge in [0.05, 0.1) is 9.94 Å². The highest BCUT2D eigenvalue weighted by Crippen LogP contribution is 2.24. The zero-order chi connectivity index (χ0) is 9.90. The molecule has 0 bridgehead atoms. The molecule has 1 aromatic rings. The number of aliphatic hydroxyl groups is 1. The molecule has 0 aliphatic heterocycles. The summed E-state index contributed by atoms with van der Waals surface area (Å²) < 4.78 is 0.773.